The molecule has 3 aromatic carbocycles. The summed E-state index contributed by atoms with van der Waals surface area (Å²) in [6, 6.07) is 26.2. The lowest BCUT2D eigenvalue weighted by atomic mass is 10.0. The first-order valence-corrected chi connectivity index (χ1v) is 11.4. The van der Waals surface area contributed by atoms with Gasteiger partial charge in [0, 0.05) is 5.56 Å². The van der Waals surface area contributed by atoms with Crippen molar-refractivity contribution in [3.63, 3.8) is 0 Å². The molecule has 1 heterocycles. The average molecular weight is 429 g/mol. The average Bonchev–Trinajstić information content (AvgIpc) is 3.11. The van der Waals surface area contributed by atoms with Gasteiger partial charge in [0.25, 0.3) is 0 Å². The Hall–Kier alpha value is -3.44. The van der Waals surface area contributed by atoms with Crippen molar-refractivity contribution in [3.05, 3.63) is 84.4 Å². The molecule has 0 aliphatic carbocycles. The predicted octanol–water partition coefficient (Wildman–Crippen LogP) is 2.99. The van der Waals surface area contributed by atoms with E-state index in [1.807, 2.05) is 65.2 Å². The van der Waals surface area contributed by atoms with Crippen LogP contribution < -0.4 is 15.2 Å². The first-order valence-electron chi connectivity index (χ1n) is 11.4. The molecule has 3 N–H and O–H groups in total. The highest BCUT2D eigenvalue weighted by atomic mass is 16.1. The number of likely N-dealkylation sites (N-methyl/N-ethyl adjacent to an activating group) is 1. The topological polar surface area (TPSA) is 56.3 Å². The zero-order chi connectivity index (χ0) is 22.5. The maximum absolute atomic E-state index is 13.1. The number of hydrogen-bond donors (Lipinski definition) is 2. The van der Waals surface area contributed by atoms with Gasteiger partial charge in [0.15, 0.2) is 5.78 Å². The third-order valence-electron chi connectivity index (χ3n) is 6.32. The van der Waals surface area contributed by atoms with Gasteiger partial charge in [-0.2, -0.15) is 0 Å². The first-order chi connectivity index (χ1) is 15.6. The summed E-state index contributed by atoms with van der Waals surface area (Å²) >= 11 is 0. The van der Waals surface area contributed by atoms with E-state index in [1.54, 1.807) is 0 Å². The number of benzene rings is 3. The summed E-state index contributed by atoms with van der Waals surface area (Å²) in [6.07, 6.45) is 0. The van der Waals surface area contributed by atoms with Gasteiger partial charge in [0.1, 0.15) is 30.7 Å². The molecule has 4 rings (SSSR count). The highest BCUT2D eigenvalue weighted by Gasteiger charge is 2.23. The third kappa shape index (κ3) is 4.43. The van der Waals surface area contributed by atoms with Crippen molar-refractivity contribution >= 4 is 22.8 Å². The van der Waals surface area contributed by atoms with E-state index < -0.39 is 0 Å². The van der Waals surface area contributed by atoms with Gasteiger partial charge in [-0.05, 0) is 37.1 Å². The lowest BCUT2D eigenvalue weighted by Gasteiger charge is -2.14. The maximum atomic E-state index is 13.1. The minimum Gasteiger partial charge on any atom is -0.333 e. The van der Waals surface area contributed by atoms with Crippen LogP contribution in [0.15, 0.2) is 78.9 Å². The Morgan fingerprint density at radius 1 is 0.875 bits per heavy atom. The number of nitrogens with zero attached hydrogens (tertiary/aromatic N) is 2. The number of aromatic nitrogens is 2. The smallest absolute Gasteiger partial charge is 0.333 e. The summed E-state index contributed by atoms with van der Waals surface area (Å²) in [4.78, 5) is 14.7. The number of nitrogens with one attached hydrogen (secondary N) is 1. The molecule has 0 fully saturated rings. The fourth-order valence-electron chi connectivity index (χ4n) is 4.30. The summed E-state index contributed by atoms with van der Waals surface area (Å²) < 4.78 is 4.09. The molecule has 32 heavy (non-hydrogen) atoms. The van der Waals surface area contributed by atoms with E-state index in [2.05, 4.69) is 36.6 Å². The van der Waals surface area contributed by atoms with Crippen molar-refractivity contribution < 1.29 is 14.3 Å². The van der Waals surface area contributed by atoms with Crippen molar-refractivity contribution in [1.29, 1.82) is 0 Å². The van der Waals surface area contributed by atoms with Crippen LogP contribution in [0, 0.1) is 0 Å². The maximum Gasteiger partial charge on any atom is 0.356 e. The molecule has 164 valence electrons. The number of quaternary nitrogens is 1. The molecule has 0 aliphatic rings. The number of para-hydroxylation sites is 2. The number of carbonyl (C=O) groups is 1. The fourth-order valence-corrected chi connectivity index (χ4v) is 4.30. The standard InChI is InChI=1S/C27H30N4O/c1-3-29(4-2)18-19-30-24-12-8-9-13-25(24)31(27(30)28)20-26(32)23-16-14-22(15-17-23)21-10-6-5-7-11-21/h5-17,28H,3-4,18-20H2,1-2H3/p+2. The molecule has 0 spiro atoms. The van der Waals surface area contributed by atoms with E-state index in [0.29, 0.717) is 11.5 Å². The summed E-state index contributed by atoms with van der Waals surface area (Å²) in [5.74, 6) is 0.686. The summed E-state index contributed by atoms with van der Waals surface area (Å²) in [5, 5.41) is 0. The number of carbonyl (C=O) groups excluding carboxylic acids is 1. The minimum absolute atomic E-state index is 0.0542. The third-order valence-corrected chi connectivity index (χ3v) is 6.32. The van der Waals surface area contributed by atoms with Crippen molar-refractivity contribution in [3.8, 4) is 11.1 Å². The molecule has 5 heteroatoms. The van der Waals surface area contributed by atoms with Gasteiger partial charge < -0.3 is 4.90 Å². The second-order valence-electron chi connectivity index (χ2n) is 8.16. The second-order valence-corrected chi connectivity index (χ2v) is 8.16. The Labute approximate surface area is 189 Å². The van der Waals surface area contributed by atoms with Crippen LogP contribution in [0.25, 0.3) is 22.2 Å². The van der Waals surface area contributed by atoms with E-state index in [-0.39, 0.29) is 12.3 Å². The van der Waals surface area contributed by atoms with Crippen molar-refractivity contribution in [2.45, 2.75) is 26.9 Å². The van der Waals surface area contributed by atoms with E-state index in [1.165, 1.54) is 4.90 Å². The Kier molecular flexibility index (Phi) is 6.66. The van der Waals surface area contributed by atoms with Crippen LogP contribution in [0.2, 0.25) is 0 Å². The van der Waals surface area contributed by atoms with Gasteiger partial charge in [-0.3, -0.25) is 10.5 Å². The molecule has 5 nitrogen and oxygen atoms in total. The molecule has 4 aromatic rings. The van der Waals surface area contributed by atoms with Gasteiger partial charge >= 0.3 is 5.95 Å². The first kappa shape index (κ1) is 21.8. The van der Waals surface area contributed by atoms with Gasteiger partial charge in [0.05, 0.1) is 13.1 Å². The molecule has 0 saturated carbocycles. The van der Waals surface area contributed by atoms with Gasteiger partial charge in [-0.1, -0.05) is 66.7 Å². The van der Waals surface area contributed by atoms with Crippen LogP contribution in [0.3, 0.4) is 0 Å². The summed E-state index contributed by atoms with van der Waals surface area (Å²) in [6.45, 7) is 8.65. The summed E-state index contributed by atoms with van der Waals surface area (Å²) in [7, 11) is 0. The lowest BCUT2D eigenvalue weighted by Crippen LogP contribution is -3.11. The monoisotopic (exact) mass is 428 g/mol. The van der Waals surface area contributed by atoms with Gasteiger partial charge in [-0.15, -0.1) is 0 Å². The number of imidazole rings is 1. The van der Waals surface area contributed by atoms with Crippen molar-refractivity contribution in [1.82, 2.24) is 4.57 Å². The molecule has 0 saturated heterocycles. The Bertz CT molecular complexity index is 1190. The van der Waals surface area contributed by atoms with Gasteiger partial charge in [0.2, 0.25) is 0 Å². The highest BCUT2D eigenvalue weighted by Crippen LogP contribution is 2.20. The van der Waals surface area contributed by atoms with Crippen LogP contribution in [-0.2, 0) is 13.1 Å². The number of ketones is 1. The number of nitrogen functional groups attached to an aromatic ring is 1. The highest BCUT2D eigenvalue weighted by molar-refractivity contribution is 5.95. The SMILES string of the molecule is CC[NH+](CC)CCn1c(N)[n+](CC(=O)c2ccc(-c3ccccc3)cc2)c2ccccc21. The molecular formula is C27H32N4O+2. The number of Topliss-reactive ketones (excluding diaryl/α,β-unsaturated/α-hetero) is 1. The zero-order valence-corrected chi connectivity index (χ0v) is 18.9. The minimum atomic E-state index is 0.0542. The molecule has 0 aliphatic heterocycles. The van der Waals surface area contributed by atoms with Gasteiger partial charge in [-0.25, -0.2) is 9.13 Å². The molecule has 0 bridgehead atoms. The number of nitrogens with two attached hydrogens (primary N) is 1. The van der Waals surface area contributed by atoms with Crippen LogP contribution in [0.4, 0.5) is 5.95 Å². The quantitative estimate of drug-likeness (QED) is 0.318. The van der Waals surface area contributed by atoms with E-state index >= 15 is 0 Å². The van der Waals surface area contributed by atoms with E-state index in [0.717, 1.165) is 48.3 Å². The Balaban J connectivity index is 1.58. The lowest BCUT2D eigenvalue weighted by molar-refractivity contribution is -0.897. The number of fused-ring (bicyclic) bond motifs is 1. The number of hydrogen-bond acceptors (Lipinski definition) is 2. The van der Waals surface area contributed by atoms with Crippen LogP contribution in [0.1, 0.15) is 24.2 Å². The molecular weight excluding hydrogens is 396 g/mol. The summed E-state index contributed by atoms with van der Waals surface area (Å²) in [5.41, 5.74) is 11.6. The molecule has 0 atom stereocenters. The predicted molar refractivity (Wildman–Crippen MR) is 130 cm³/mol. The number of anilines is 1. The Morgan fingerprint density at radius 3 is 2.19 bits per heavy atom. The van der Waals surface area contributed by atoms with Crippen LogP contribution in [-0.4, -0.2) is 30.0 Å². The normalized spacial score (nSPS) is 11.3. The Morgan fingerprint density at radius 2 is 1.50 bits per heavy atom. The van der Waals surface area contributed by atoms with Crippen molar-refractivity contribution in [2.75, 3.05) is 25.4 Å². The zero-order valence-electron chi connectivity index (χ0n) is 18.9. The van der Waals surface area contributed by atoms with Crippen LogP contribution >= 0.6 is 0 Å². The largest absolute Gasteiger partial charge is 0.356 e. The fraction of sp³-hybridized carbons (Fsp3) is 0.259. The second kappa shape index (κ2) is 9.79. The molecule has 0 radical (unpaired) electrons. The molecule has 0 unspecified atom stereocenters. The van der Waals surface area contributed by atoms with Crippen LogP contribution in [0.5, 0.6) is 0 Å². The molecule has 1 aromatic heterocycles. The van der Waals surface area contributed by atoms with E-state index in [4.69, 9.17) is 5.73 Å². The molecule has 0 amide bonds. The van der Waals surface area contributed by atoms with Crippen molar-refractivity contribution in [2.24, 2.45) is 0 Å². The number of rotatable bonds is 9. The van der Waals surface area contributed by atoms with E-state index in [9.17, 15) is 4.79 Å².